The molecule has 8 heteroatoms. The van der Waals surface area contributed by atoms with E-state index < -0.39 is 0 Å². The van der Waals surface area contributed by atoms with E-state index in [1.165, 1.54) is 6.08 Å². The van der Waals surface area contributed by atoms with E-state index in [4.69, 9.17) is 10.5 Å². The number of nitrogens with two attached hydrogens (primary N) is 1. The lowest BCUT2D eigenvalue weighted by atomic mass is 10.2. The molecule has 0 spiro atoms. The van der Waals surface area contributed by atoms with E-state index in [1.54, 1.807) is 26.3 Å². The Hall–Kier alpha value is -4.33. The molecular formula is C26H25N5O3. The van der Waals surface area contributed by atoms with Crippen molar-refractivity contribution in [2.75, 3.05) is 12.3 Å². The maximum Gasteiger partial charge on any atom is 0.333 e. The van der Waals surface area contributed by atoms with Gasteiger partial charge in [-0.2, -0.15) is 0 Å². The number of benzene rings is 2. The van der Waals surface area contributed by atoms with Gasteiger partial charge in [-0.25, -0.2) is 9.78 Å². The Morgan fingerprint density at radius 2 is 1.85 bits per heavy atom. The number of fused-ring (bicyclic) bond motifs is 1. The molecule has 2 aromatic heterocycles. The Kier molecular flexibility index (Phi) is 5.63. The summed E-state index contributed by atoms with van der Waals surface area (Å²) in [4.78, 5) is 31.9. The largest absolute Gasteiger partial charge is 0.457 e. The predicted octanol–water partition coefficient (Wildman–Crippen LogP) is 3.74. The molecule has 1 atom stereocenters. The van der Waals surface area contributed by atoms with Crippen LogP contribution in [0.2, 0.25) is 0 Å². The van der Waals surface area contributed by atoms with Crippen LogP contribution in [0.4, 0.5) is 5.82 Å². The van der Waals surface area contributed by atoms with Gasteiger partial charge in [0.1, 0.15) is 22.8 Å². The molecule has 0 aliphatic carbocycles. The topological polar surface area (TPSA) is 95.4 Å². The molecule has 34 heavy (non-hydrogen) atoms. The summed E-state index contributed by atoms with van der Waals surface area (Å²) in [6, 6.07) is 18.4. The lowest BCUT2D eigenvalue weighted by Crippen LogP contribution is -2.39. The summed E-state index contributed by atoms with van der Waals surface area (Å²) >= 11 is 0. The van der Waals surface area contributed by atoms with Gasteiger partial charge in [0.25, 0.3) is 0 Å². The zero-order valence-electron chi connectivity index (χ0n) is 18.6. The highest BCUT2D eigenvalue weighted by molar-refractivity contribution is 5.88. The van der Waals surface area contributed by atoms with E-state index in [0.717, 1.165) is 18.6 Å². The summed E-state index contributed by atoms with van der Waals surface area (Å²) < 4.78 is 9.12. The van der Waals surface area contributed by atoms with E-state index in [0.29, 0.717) is 35.6 Å². The van der Waals surface area contributed by atoms with Gasteiger partial charge in [0.15, 0.2) is 0 Å². The molecule has 1 aliphatic rings. The minimum Gasteiger partial charge on any atom is -0.457 e. The van der Waals surface area contributed by atoms with Gasteiger partial charge in [0.2, 0.25) is 5.91 Å². The van der Waals surface area contributed by atoms with Crippen molar-refractivity contribution in [3.8, 4) is 17.2 Å². The van der Waals surface area contributed by atoms with Gasteiger partial charge in [0, 0.05) is 19.3 Å². The summed E-state index contributed by atoms with van der Waals surface area (Å²) in [6.45, 7) is 4.64. The van der Waals surface area contributed by atoms with Gasteiger partial charge in [-0.15, -0.1) is 0 Å². The molecule has 1 aliphatic heterocycles. The number of likely N-dealkylation sites (tertiary alicyclic amines) is 1. The fourth-order valence-electron chi connectivity index (χ4n) is 4.57. The second-order valence-electron chi connectivity index (χ2n) is 8.23. The zero-order valence-corrected chi connectivity index (χ0v) is 18.6. The average Bonchev–Trinajstić information content (AvgIpc) is 3.44. The second-order valence-corrected chi connectivity index (χ2v) is 8.23. The highest BCUT2D eigenvalue weighted by Crippen LogP contribution is 2.27. The first-order valence-corrected chi connectivity index (χ1v) is 11.2. The maximum absolute atomic E-state index is 13.6. The van der Waals surface area contributed by atoms with Crippen molar-refractivity contribution in [1.29, 1.82) is 0 Å². The van der Waals surface area contributed by atoms with E-state index in [2.05, 4.69) is 11.6 Å². The number of para-hydroxylation sites is 1. The first kappa shape index (κ1) is 21.5. The summed E-state index contributed by atoms with van der Waals surface area (Å²) in [6.07, 6.45) is 4.64. The van der Waals surface area contributed by atoms with E-state index in [1.807, 2.05) is 54.6 Å². The Bertz CT molecular complexity index is 1410. The molecule has 0 saturated carbocycles. The standard InChI is InChI=1S/C26H25N5O3/c1-2-23(32)29-16-6-7-19(29)17-30-22-14-15-28-25(27)24(22)31(26(30)33)18-10-12-21(13-11-18)34-20-8-4-3-5-9-20/h2-5,8-15,19H,1,6-7,16-17H2,(H2,27,28). The number of hydrogen-bond donors (Lipinski definition) is 1. The van der Waals surface area contributed by atoms with Crippen LogP contribution in [0.15, 0.2) is 84.3 Å². The molecule has 0 radical (unpaired) electrons. The van der Waals surface area contributed by atoms with Gasteiger partial charge in [0.05, 0.1) is 17.2 Å². The van der Waals surface area contributed by atoms with Crippen molar-refractivity contribution in [2.24, 2.45) is 0 Å². The Labute approximate surface area is 196 Å². The Morgan fingerprint density at radius 1 is 1.12 bits per heavy atom. The van der Waals surface area contributed by atoms with Crippen LogP contribution >= 0.6 is 0 Å². The smallest absolute Gasteiger partial charge is 0.333 e. The molecule has 3 heterocycles. The van der Waals surface area contributed by atoms with Crippen LogP contribution in [0.1, 0.15) is 12.8 Å². The van der Waals surface area contributed by atoms with Gasteiger partial charge < -0.3 is 15.4 Å². The molecule has 1 saturated heterocycles. The number of ether oxygens (including phenoxy) is 1. The summed E-state index contributed by atoms with van der Waals surface area (Å²) in [7, 11) is 0. The summed E-state index contributed by atoms with van der Waals surface area (Å²) in [5.41, 5.74) is 7.87. The highest BCUT2D eigenvalue weighted by Gasteiger charge is 2.29. The number of imidazole rings is 1. The molecule has 172 valence electrons. The number of anilines is 1. The summed E-state index contributed by atoms with van der Waals surface area (Å²) in [5.74, 6) is 1.54. The van der Waals surface area contributed by atoms with Gasteiger partial charge in [-0.05, 0) is 61.4 Å². The fraction of sp³-hybridized carbons (Fsp3) is 0.192. The maximum atomic E-state index is 13.6. The molecule has 5 rings (SSSR count). The highest BCUT2D eigenvalue weighted by atomic mass is 16.5. The van der Waals surface area contributed by atoms with Crippen molar-refractivity contribution in [3.05, 3.63) is 90.0 Å². The Balaban J connectivity index is 1.53. The number of rotatable bonds is 6. The minimum atomic E-state index is -0.232. The molecule has 2 N–H and O–H groups in total. The third-order valence-corrected chi connectivity index (χ3v) is 6.17. The lowest BCUT2D eigenvalue weighted by molar-refractivity contribution is -0.127. The van der Waals surface area contributed by atoms with Crippen molar-refractivity contribution < 1.29 is 9.53 Å². The van der Waals surface area contributed by atoms with Crippen LogP contribution < -0.4 is 16.2 Å². The third-order valence-electron chi connectivity index (χ3n) is 6.17. The molecule has 2 aromatic carbocycles. The van der Waals surface area contributed by atoms with Crippen molar-refractivity contribution in [3.63, 3.8) is 0 Å². The normalized spacial score (nSPS) is 15.5. The van der Waals surface area contributed by atoms with Crippen LogP contribution in [-0.4, -0.2) is 37.5 Å². The van der Waals surface area contributed by atoms with Crippen LogP contribution in [0, 0.1) is 0 Å². The van der Waals surface area contributed by atoms with E-state index >= 15 is 0 Å². The second kappa shape index (κ2) is 8.90. The quantitative estimate of drug-likeness (QED) is 0.447. The summed E-state index contributed by atoms with van der Waals surface area (Å²) in [5, 5.41) is 0. The van der Waals surface area contributed by atoms with Crippen LogP contribution in [0.5, 0.6) is 11.5 Å². The third kappa shape index (κ3) is 3.83. The molecule has 1 unspecified atom stereocenters. The van der Waals surface area contributed by atoms with Crippen LogP contribution in [0.25, 0.3) is 16.7 Å². The number of pyridine rings is 1. The molecule has 4 aromatic rings. The number of carbonyl (C=O) groups is 1. The van der Waals surface area contributed by atoms with Crippen LogP contribution in [-0.2, 0) is 11.3 Å². The number of carbonyl (C=O) groups excluding carboxylic acids is 1. The molecular weight excluding hydrogens is 430 g/mol. The van der Waals surface area contributed by atoms with E-state index in [9.17, 15) is 9.59 Å². The SMILES string of the molecule is C=CC(=O)N1CCCC1Cn1c(=O)n(-c2ccc(Oc3ccccc3)cc2)c2c(N)nccc21. The first-order chi connectivity index (χ1) is 16.6. The predicted molar refractivity (Wildman–Crippen MR) is 131 cm³/mol. The van der Waals surface area contributed by atoms with Crippen molar-refractivity contribution in [1.82, 2.24) is 19.0 Å². The zero-order chi connectivity index (χ0) is 23.7. The lowest BCUT2D eigenvalue weighted by Gasteiger charge is -2.23. The number of amides is 1. The first-order valence-electron chi connectivity index (χ1n) is 11.2. The van der Waals surface area contributed by atoms with Gasteiger partial charge in [-0.3, -0.25) is 13.9 Å². The van der Waals surface area contributed by atoms with Gasteiger partial charge >= 0.3 is 5.69 Å². The van der Waals surface area contributed by atoms with Crippen molar-refractivity contribution >= 4 is 22.8 Å². The number of nitrogens with zero attached hydrogens (tertiary/aromatic N) is 4. The van der Waals surface area contributed by atoms with Crippen molar-refractivity contribution in [2.45, 2.75) is 25.4 Å². The van der Waals surface area contributed by atoms with Crippen LogP contribution in [0.3, 0.4) is 0 Å². The Morgan fingerprint density at radius 3 is 2.59 bits per heavy atom. The average molecular weight is 456 g/mol. The monoisotopic (exact) mass is 455 g/mol. The molecule has 1 fully saturated rings. The molecule has 1 amide bonds. The van der Waals surface area contributed by atoms with E-state index in [-0.39, 0.29) is 23.5 Å². The minimum absolute atomic E-state index is 0.0849. The molecule has 0 bridgehead atoms. The number of nitrogen functional groups attached to an aromatic ring is 1. The molecule has 8 nitrogen and oxygen atoms in total. The number of aromatic nitrogens is 3. The number of hydrogen-bond acceptors (Lipinski definition) is 5. The fourth-order valence-corrected chi connectivity index (χ4v) is 4.57. The van der Waals surface area contributed by atoms with Gasteiger partial charge in [-0.1, -0.05) is 24.8 Å².